The van der Waals surface area contributed by atoms with Crippen LogP contribution in [0.4, 0.5) is 14.9 Å². The molecule has 0 aliphatic carbocycles. The summed E-state index contributed by atoms with van der Waals surface area (Å²) in [6.45, 7) is 2.08. The third-order valence-electron chi connectivity index (χ3n) is 4.22. The van der Waals surface area contributed by atoms with Crippen LogP contribution < -0.4 is 5.32 Å². The molecule has 2 aromatic rings. The molecule has 3 amide bonds. The Bertz CT molecular complexity index is 710. The maximum absolute atomic E-state index is 12.9. The number of hydrogen-bond acceptors (Lipinski definition) is 3. The Morgan fingerprint density at radius 3 is 2.36 bits per heavy atom. The van der Waals surface area contributed by atoms with Crippen LogP contribution >= 0.6 is 11.3 Å². The van der Waals surface area contributed by atoms with E-state index in [4.69, 9.17) is 0 Å². The highest BCUT2D eigenvalue weighted by Gasteiger charge is 2.23. The Balaban J connectivity index is 1.43. The van der Waals surface area contributed by atoms with Crippen LogP contribution in [0.15, 0.2) is 41.1 Å². The SMILES string of the molecule is O=C(CCc1ccsc1)N1CCN(C(=O)Nc2ccc(F)cc2)CC1. The first-order valence-corrected chi connectivity index (χ1v) is 9.16. The van der Waals surface area contributed by atoms with Gasteiger partial charge in [-0.05, 0) is 53.1 Å². The van der Waals surface area contributed by atoms with Gasteiger partial charge in [0, 0.05) is 38.3 Å². The Kier molecular flexibility index (Phi) is 5.65. The summed E-state index contributed by atoms with van der Waals surface area (Å²) in [5, 5.41) is 6.82. The fourth-order valence-corrected chi connectivity index (χ4v) is 3.44. The van der Waals surface area contributed by atoms with E-state index in [2.05, 4.69) is 10.7 Å². The van der Waals surface area contributed by atoms with Gasteiger partial charge in [0.2, 0.25) is 5.91 Å². The minimum atomic E-state index is -0.340. The lowest BCUT2D eigenvalue weighted by molar-refractivity contribution is -0.132. The van der Waals surface area contributed by atoms with Crippen LogP contribution in [0.3, 0.4) is 0 Å². The molecule has 1 aromatic heterocycles. The maximum atomic E-state index is 12.9. The van der Waals surface area contributed by atoms with Crippen LogP contribution in [-0.2, 0) is 11.2 Å². The van der Waals surface area contributed by atoms with Crippen LogP contribution in [0.25, 0.3) is 0 Å². The van der Waals surface area contributed by atoms with Gasteiger partial charge >= 0.3 is 6.03 Å². The first-order valence-electron chi connectivity index (χ1n) is 8.22. The summed E-state index contributed by atoms with van der Waals surface area (Å²) in [5.41, 5.74) is 1.75. The molecule has 0 atom stereocenters. The molecular formula is C18H20FN3O2S. The molecule has 0 radical (unpaired) electrons. The van der Waals surface area contributed by atoms with Gasteiger partial charge in [-0.15, -0.1) is 0 Å². The molecule has 1 aliphatic rings. The second-order valence-corrected chi connectivity index (χ2v) is 6.72. The predicted octanol–water partition coefficient (Wildman–Crippen LogP) is 3.20. The molecule has 1 saturated heterocycles. The minimum absolute atomic E-state index is 0.129. The molecule has 1 aromatic carbocycles. The fraction of sp³-hybridized carbons (Fsp3) is 0.333. The second-order valence-electron chi connectivity index (χ2n) is 5.94. The van der Waals surface area contributed by atoms with Crippen molar-refractivity contribution in [2.75, 3.05) is 31.5 Å². The number of hydrogen-bond donors (Lipinski definition) is 1. The normalized spacial score (nSPS) is 14.4. The van der Waals surface area contributed by atoms with Crippen molar-refractivity contribution in [2.24, 2.45) is 0 Å². The first kappa shape index (κ1) is 17.4. The third-order valence-corrected chi connectivity index (χ3v) is 4.95. The van der Waals surface area contributed by atoms with Gasteiger partial charge in [-0.1, -0.05) is 0 Å². The molecule has 1 N–H and O–H groups in total. The first-order chi connectivity index (χ1) is 12.1. The number of carbonyl (C=O) groups is 2. The Morgan fingerprint density at radius 2 is 1.72 bits per heavy atom. The Morgan fingerprint density at radius 1 is 1.04 bits per heavy atom. The molecule has 1 fully saturated rings. The predicted molar refractivity (Wildman–Crippen MR) is 96.2 cm³/mol. The van der Waals surface area contributed by atoms with E-state index in [-0.39, 0.29) is 17.8 Å². The number of aryl methyl sites for hydroxylation is 1. The number of rotatable bonds is 4. The Labute approximate surface area is 150 Å². The van der Waals surface area contributed by atoms with E-state index in [1.165, 1.54) is 29.8 Å². The van der Waals surface area contributed by atoms with Crippen LogP contribution in [-0.4, -0.2) is 47.9 Å². The van der Waals surface area contributed by atoms with Gasteiger partial charge in [0.1, 0.15) is 5.82 Å². The number of nitrogens with zero attached hydrogens (tertiary/aromatic N) is 2. The zero-order valence-electron chi connectivity index (χ0n) is 13.8. The van der Waals surface area contributed by atoms with Crippen molar-refractivity contribution in [3.05, 3.63) is 52.5 Å². The molecule has 1 aliphatic heterocycles. The van der Waals surface area contributed by atoms with Crippen LogP contribution in [0.1, 0.15) is 12.0 Å². The molecule has 0 spiro atoms. The average Bonchev–Trinajstić information content (AvgIpc) is 3.15. The third kappa shape index (κ3) is 4.79. The van der Waals surface area contributed by atoms with Crippen molar-refractivity contribution in [1.29, 1.82) is 0 Å². The summed E-state index contributed by atoms with van der Waals surface area (Å²) in [4.78, 5) is 28.0. The number of thiophene rings is 1. The van der Waals surface area contributed by atoms with E-state index in [0.29, 0.717) is 38.3 Å². The molecule has 5 nitrogen and oxygen atoms in total. The lowest BCUT2D eigenvalue weighted by Crippen LogP contribution is -2.51. The standard InChI is InChI=1S/C18H20FN3O2S/c19-15-2-4-16(5-3-15)20-18(24)22-10-8-21(9-11-22)17(23)6-1-14-7-12-25-13-14/h2-5,7,12-13H,1,6,8-11H2,(H,20,24). The molecule has 0 unspecified atom stereocenters. The molecule has 132 valence electrons. The number of anilines is 1. The van der Waals surface area contributed by atoms with Crippen molar-refractivity contribution in [3.63, 3.8) is 0 Å². The minimum Gasteiger partial charge on any atom is -0.339 e. The van der Waals surface area contributed by atoms with Crippen molar-refractivity contribution in [3.8, 4) is 0 Å². The number of carbonyl (C=O) groups excluding carboxylic acids is 2. The number of nitrogens with one attached hydrogen (secondary N) is 1. The molecule has 7 heteroatoms. The maximum Gasteiger partial charge on any atom is 0.321 e. The van der Waals surface area contributed by atoms with Crippen molar-refractivity contribution in [1.82, 2.24) is 9.80 Å². The smallest absolute Gasteiger partial charge is 0.321 e. The van der Waals surface area contributed by atoms with Crippen molar-refractivity contribution in [2.45, 2.75) is 12.8 Å². The van der Waals surface area contributed by atoms with Gasteiger partial charge in [-0.2, -0.15) is 11.3 Å². The molecule has 0 saturated carbocycles. The van der Waals surface area contributed by atoms with Crippen molar-refractivity contribution < 1.29 is 14.0 Å². The molecule has 3 rings (SSSR count). The number of piperazine rings is 1. The van der Waals surface area contributed by atoms with E-state index in [0.717, 1.165) is 6.42 Å². The lowest BCUT2D eigenvalue weighted by Gasteiger charge is -2.34. The monoisotopic (exact) mass is 361 g/mol. The summed E-state index contributed by atoms with van der Waals surface area (Å²) in [7, 11) is 0. The topological polar surface area (TPSA) is 52.7 Å². The summed E-state index contributed by atoms with van der Waals surface area (Å²) < 4.78 is 12.9. The quantitative estimate of drug-likeness (QED) is 0.909. The Hall–Kier alpha value is -2.41. The van der Waals surface area contributed by atoms with Gasteiger partial charge in [-0.3, -0.25) is 4.79 Å². The largest absolute Gasteiger partial charge is 0.339 e. The van der Waals surface area contributed by atoms with E-state index < -0.39 is 0 Å². The highest BCUT2D eigenvalue weighted by Crippen LogP contribution is 2.13. The van der Waals surface area contributed by atoms with E-state index in [1.807, 2.05) is 16.3 Å². The van der Waals surface area contributed by atoms with Gasteiger partial charge in [0.25, 0.3) is 0 Å². The highest BCUT2D eigenvalue weighted by molar-refractivity contribution is 7.07. The second kappa shape index (κ2) is 8.11. The highest BCUT2D eigenvalue weighted by atomic mass is 32.1. The lowest BCUT2D eigenvalue weighted by atomic mass is 10.1. The molecule has 2 heterocycles. The summed E-state index contributed by atoms with van der Waals surface area (Å²) in [6.07, 6.45) is 1.26. The van der Waals surface area contributed by atoms with Crippen LogP contribution in [0.5, 0.6) is 0 Å². The van der Waals surface area contributed by atoms with Crippen LogP contribution in [0.2, 0.25) is 0 Å². The number of urea groups is 1. The zero-order chi connectivity index (χ0) is 17.6. The summed E-state index contributed by atoms with van der Waals surface area (Å²) in [5.74, 6) is -0.211. The van der Waals surface area contributed by atoms with Gasteiger partial charge in [0.05, 0.1) is 0 Å². The molecule has 25 heavy (non-hydrogen) atoms. The van der Waals surface area contributed by atoms with Gasteiger partial charge < -0.3 is 15.1 Å². The van der Waals surface area contributed by atoms with Gasteiger partial charge in [-0.25, -0.2) is 9.18 Å². The van der Waals surface area contributed by atoms with E-state index in [9.17, 15) is 14.0 Å². The van der Waals surface area contributed by atoms with Crippen molar-refractivity contribution >= 4 is 29.0 Å². The van der Waals surface area contributed by atoms with Gasteiger partial charge in [0.15, 0.2) is 0 Å². The number of amides is 3. The number of benzene rings is 1. The van der Waals surface area contributed by atoms with E-state index >= 15 is 0 Å². The summed E-state index contributed by atoms with van der Waals surface area (Å²) >= 11 is 1.63. The number of halogens is 1. The summed E-state index contributed by atoms with van der Waals surface area (Å²) in [6, 6.07) is 7.47. The molecule has 0 bridgehead atoms. The van der Waals surface area contributed by atoms with Crippen LogP contribution in [0, 0.1) is 5.82 Å². The van der Waals surface area contributed by atoms with E-state index in [1.54, 1.807) is 16.2 Å². The average molecular weight is 361 g/mol. The molecular weight excluding hydrogens is 341 g/mol. The fourth-order valence-electron chi connectivity index (χ4n) is 2.74. The zero-order valence-corrected chi connectivity index (χ0v) is 14.6.